The lowest BCUT2D eigenvalue weighted by Gasteiger charge is -2.04. The fraction of sp³-hybridized carbons (Fsp3) is 0.182. The van der Waals surface area contributed by atoms with E-state index in [1.807, 2.05) is 0 Å². The van der Waals surface area contributed by atoms with E-state index in [0.717, 1.165) is 0 Å². The Labute approximate surface area is 98.1 Å². The lowest BCUT2D eigenvalue weighted by atomic mass is 10.2. The average molecular weight is 234 g/mol. The van der Waals surface area contributed by atoms with Crippen molar-refractivity contribution in [2.75, 3.05) is 18.1 Å². The molecule has 0 atom stereocenters. The highest BCUT2D eigenvalue weighted by Gasteiger charge is 2.13. The van der Waals surface area contributed by atoms with Gasteiger partial charge < -0.3 is 21.7 Å². The number of aliphatic hydroxyl groups is 1. The largest absolute Gasteiger partial charge is 0.508 e. The van der Waals surface area contributed by atoms with E-state index in [-0.39, 0.29) is 12.4 Å². The highest BCUT2D eigenvalue weighted by Crippen LogP contribution is 2.24. The molecule has 0 saturated carbocycles. The van der Waals surface area contributed by atoms with Crippen LogP contribution in [0.2, 0.25) is 0 Å². The summed E-state index contributed by atoms with van der Waals surface area (Å²) in [6.07, 6.45) is 0.371. The fourth-order valence-corrected chi connectivity index (χ4v) is 1.64. The smallest absolute Gasteiger partial charge is 0.151 e. The van der Waals surface area contributed by atoms with E-state index in [1.165, 1.54) is 4.68 Å². The molecule has 1 aromatic heterocycles. The number of rotatable bonds is 3. The number of aromatic hydroxyl groups is 1. The molecule has 90 valence electrons. The van der Waals surface area contributed by atoms with Crippen LogP contribution in [0.4, 0.5) is 11.6 Å². The van der Waals surface area contributed by atoms with Gasteiger partial charge in [-0.2, -0.15) is 0 Å². The van der Waals surface area contributed by atoms with Gasteiger partial charge in [0.1, 0.15) is 11.6 Å². The Balaban J connectivity index is 2.46. The van der Waals surface area contributed by atoms with Gasteiger partial charge in [0, 0.05) is 18.6 Å². The van der Waals surface area contributed by atoms with Gasteiger partial charge in [0.25, 0.3) is 0 Å². The maximum atomic E-state index is 9.20. The number of benzene rings is 1. The van der Waals surface area contributed by atoms with Gasteiger partial charge in [-0.1, -0.05) is 0 Å². The van der Waals surface area contributed by atoms with Gasteiger partial charge in [0.2, 0.25) is 0 Å². The predicted molar refractivity (Wildman–Crippen MR) is 64.8 cm³/mol. The first kappa shape index (κ1) is 11.3. The first-order valence-electron chi connectivity index (χ1n) is 5.16. The Morgan fingerprint density at radius 2 is 1.82 bits per heavy atom. The highest BCUT2D eigenvalue weighted by atomic mass is 16.3. The van der Waals surface area contributed by atoms with E-state index in [9.17, 15) is 5.11 Å². The Hall–Kier alpha value is -2.21. The average Bonchev–Trinajstić information content (AvgIpc) is 2.59. The summed E-state index contributed by atoms with van der Waals surface area (Å²) in [5.74, 6) is 0.884. The van der Waals surface area contributed by atoms with Crippen molar-refractivity contribution in [1.29, 1.82) is 0 Å². The molecule has 0 fully saturated rings. The molecule has 6 N–H and O–H groups in total. The third-order valence-corrected chi connectivity index (χ3v) is 2.51. The zero-order valence-corrected chi connectivity index (χ0v) is 9.17. The van der Waals surface area contributed by atoms with Crippen LogP contribution in [0.15, 0.2) is 24.3 Å². The SMILES string of the molecule is Nc1nn(-c2ccc(O)cc2)c(N)c1CCO. The lowest BCUT2D eigenvalue weighted by Crippen LogP contribution is -2.03. The molecule has 0 aliphatic carbocycles. The molecule has 0 amide bonds. The molecule has 0 radical (unpaired) electrons. The zero-order chi connectivity index (χ0) is 12.4. The summed E-state index contributed by atoms with van der Waals surface area (Å²) in [6, 6.07) is 6.44. The van der Waals surface area contributed by atoms with Crippen LogP contribution in [0.25, 0.3) is 5.69 Å². The molecular weight excluding hydrogens is 220 g/mol. The summed E-state index contributed by atoms with van der Waals surface area (Å²) in [5, 5.41) is 22.2. The van der Waals surface area contributed by atoms with Gasteiger partial charge in [0.15, 0.2) is 5.82 Å². The zero-order valence-electron chi connectivity index (χ0n) is 9.17. The van der Waals surface area contributed by atoms with Gasteiger partial charge >= 0.3 is 0 Å². The number of nitrogens with two attached hydrogens (primary N) is 2. The fourth-order valence-electron chi connectivity index (χ4n) is 1.64. The first-order valence-corrected chi connectivity index (χ1v) is 5.16. The third kappa shape index (κ3) is 2.02. The molecular formula is C11H14N4O2. The second-order valence-corrected chi connectivity index (χ2v) is 3.65. The highest BCUT2D eigenvalue weighted by molar-refractivity contribution is 5.58. The number of hydrogen-bond donors (Lipinski definition) is 4. The summed E-state index contributed by atoms with van der Waals surface area (Å²) in [4.78, 5) is 0. The van der Waals surface area contributed by atoms with Crippen molar-refractivity contribution in [2.24, 2.45) is 0 Å². The number of nitrogen functional groups attached to an aromatic ring is 2. The summed E-state index contributed by atoms with van der Waals surface area (Å²) in [6.45, 7) is -0.0321. The van der Waals surface area contributed by atoms with Crippen LogP contribution in [-0.4, -0.2) is 26.6 Å². The van der Waals surface area contributed by atoms with Crippen molar-refractivity contribution in [3.8, 4) is 11.4 Å². The molecule has 2 rings (SSSR count). The summed E-state index contributed by atoms with van der Waals surface area (Å²) >= 11 is 0. The van der Waals surface area contributed by atoms with E-state index in [2.05, 4.69) is 5.10 Å². The topological polar surface area (TPSA) is 110 Å². The molecule has 0 saturated heterocycles. The minimum absolute atomic E-state index is 0.0321. The molecule has 0 unspecified atom stereocenters. The van der Waals surface area contributed by atoms with Gasteiger partial charge in [-0.3, -0.25) is 0 Å². The Morgan fingerprint density at radius 1 is 1.18 bits per heavy atom. The Bertz CT molecular complexity index is 519. The molecule has 1 aromatic carbocycles. The van der Waals surface area contributed by atoms with Gasteiger partial charge in [-0.15, -0.1) is 5.10 Å². The van der Waals surface area contributed by atoms with E-state index in [0.29, 0.717) is 29.3 Å². The molecule has 2 aromatic rings. The number of phenols is 1. The van der Waals surface area contributed by atoms with Crippen LogP contribution in [0, 0.1) is 0 Å². The molecule has 0 aliphatic rings. The number of anilines is 2. The molecule has 0 bridgehead atoms. The quantitative estimate of drug-likeness (QED) is 0.609. The molecule has 1 heterocycles. The predicted octanol–water partition coefficient (Wildman–Crippen LogP) is 0.277. The standard InChI is InChI=1S/C11H14N4O2/c12-10-9(5-6-16)11(13)15(14-10)7-1-3-8(17)4-2-7/h1-4,16-17H,5-6,13H2,(H2,12,14). The van der Waals surface area contributed by atoms with Gasteiger partial charge in [-0.05, 0) is 24.3 Å². The molecule has 6 nitrogen and oxygen atoms in total. The summed E-state index contributed by atoms with van der Waals surface area (Å²) in [5.41, 5.74) is 13.0. The molecule has 6 heteroatoms. The molecule has 0 spiro atoms. The monoisotopic (exact) mass is 234 g/mol. The van der Waals surface area contributed by atoms with Crippen molar-refractivity contribution in [2.45, 2.75) is 6.42 Å². The van der Waals surface area contributed by atoms with E-state index >= 15 is 0 Å². The minimum Gasteiger partial charge on any atom is -0.508 e. The second-order valence-electron chi connectivity index (χ2n) is 3.65. The number of hydrogen-bond acceptors (Lipinski definition) is 5. The van der Waals surface area contributed by atoms with Crippen LogP contribution in [0.3, 0.4) is 0 Å². The van der Waals surface area contributed by atoms with Crippen LogP contribution < -0.4 is 11.5 Å². The van der Waals surface area contributed by atoms with Crippen molar-refractivity contribution in [1.82, 2.24) is 9.78 Å². The Morgan fingerprint density at radius 3 is 2.41 bits per heavy atom. The minimum atomic E-state index is -0.0321. The maximum Gasteiger partial charge on any atom is 0.151 e. The molecule has 0 aliphatic heterocycles. The normalized spacial score (nSPS) is 10.6. The van der Waals surface area contributed by atoms with Crippen LogP contribution in [-0.2, 0) is 6.42 Å². The van der Waals surface area contributed by atoms with Crippen LogP contribution >= 0.6 is 0 Å². The van der Waals surface area contributed by atoms with E-state index in [4.69, 9.17) is 16.6 Å². The number of nitrogens with zero attached hydrogens (tertiary/aromatic N) is 2. The van der Waals surface area contributed by atoms with Crippen molar-refractivity contribution in [3.63, 3.8) is 0 Å². The van der Waals surface area contributed by atoms with Gasteiger partial charge in [-0.25, -0.2) is 4.68 Å². The van der Waals surface area contributed by atoms with Crippen LogP contribution in [0.1, 0.15) is 5.56 Å². The van der Waals surface area contributed by atoms with E-state index in [1.54, 1.807) is 24.3 Å². The lowest BCUT2D eigenvalue weighted by molar-refractivity contribution is 0.300. The maximum absolute atomic E-state index is 9.20. The second kappa shape index (κ2) is 4.34. The first-order chi connectivity index (χ1) is 8.13. The van der Waals surface area contributed by atoms with Crippen LogP contribution in [0.5, 0.6) is 5.75 Å². The summed E-state index contributed by atoms with van der Waals surface area (Å²) in [7, 11) is 0. The van der Waals surface area contributed by atoms with Gasteiger partial charge in [0.05, 0.1) is 5.69 Å². The molecule has 17 heavy (non-hydrogen) atoms. The van der Waals surface area contributed by atoms with Crippen molar-refractivity contribution >= 4 is 11.6 Å². The summed E-state index contributed by atoms with van der Waals surface area (Å²) < 4.78 is 1.49. The van der Waals surface area contributed by atoms with Crippen molar-refractivity contribution < 1.29 is 10.2 Å². The van der Waals surface area contributed by atoms with E-state index < -0.39 is 0 Å². The van der Waals surface area contributed by atoms with Crippen molar-refractivity contribution in [3.05, 3.63) is 29.8 Å². The Kier molecular flexibility index (Phi) is 2.88. The number of phenolic OH excluding ortho intramolecular Hbond substituents is 1. The third-order valence-electron chi connectivity index (χ3n) is 2.51. The number of aromatic nitrogens is 2. The number of aliphatic hydroxyl groups excluding tert-OH is 1.